The summed E-state index contributed by atoms with van der Waals surface area (Å²) < 4.78 is 16.2. The highest BCUT2D eigenvalue weighted by molar-refractivity contribution is 9.10. The predicted octanol–water partition coefficient (Wildman–Crippen LogP) is 2.19. The van der Waals surface area contributed by atoms with Crippen LogP contribution in [0.15, 0.2) is 22.7 Å². The summed E-state index contributed by atoms with van der Waals surface area (Å²) >= 11 is 3.36. The van der Waals surface area contributed by atoms with Gasteiger partial charge in [-0.25, -0.2) is 0 Å². The number of hydrogen-bond acceptors (Lipinski definition) is 4. The minimum atomic E-state index is -0.0940. The van der Waals surface area contributed by atoms with Crippen molar-refractivity contribution in [2.75, 3.05) is 47.6 Å². The van der Waals surface area contributed by atoms with E-state index in [0.29, 0.717) is 37.6 Å². The molecular formula is C14H20BrNO4. The van der Waals surface area contributed by atoms with Crippen LogP contribution < -0.4 is 4.74 Å². The van der Waals surface area contributed by atoms with Gasteiger partial charge in [0.15, 0.2) is 0 Å². The monoisotopic (exact) mass is 345 g/mol. The molecular weight excluding hydrogens is 326 g/mol. The molecule has 1 rings (SSSR count). The number of benzene rings is 1. The van der Waals surface area contributed by atoms with E-state index in [0.717, 1.165) is 4.47 Å². The number of amides is 1. The van der Waals surface area contributed by atoms with Gasteiger partial charge in [0.25, 0.3) is 5.91 Å². The molecule has 1 amide bonds. The molecule has 0 radical (unpaired) electrons. The van der Waals surface area contributed by atoms with E-state index in [4.69, 9.17) is 14.2 Å². The average Bonchev–Trinajstić information content (AvgIpc) is 2.46. The number of rotatable bonds is 8. The van der Waals surface area contributed by atoms with Crippen LogP contribution in [0.4, 0.5) is 0 Å². The van der Waals surface area contributed by atoms with E-state index in [1.165, 1.54) is 0 Å². The Labute approximate surface area is 127 Å². The molecule has 1 aromatic carbocycles. The van der Waals surface area contributed by atoms with Crippen molar-refractivity contribution in [3.63, 3.8) is 0 Å². The van der Waals surface area contributed by atoms with Crippen LogP contribution in [-0.2, 0) is 9.47 Å². The van der Waals surface area contributed by atoms with E-state index in [-0.39, 0.29) is 5.91 Å². The maximum atomic E-state index is 12.6. The van der Waals surface area contributed by atoms with Crippen molar-refractivity contribution in [2.45, 2.75) is 0 Å². The third-order valence-electron chi connectivity index (χ3n) is 2.81. The summed E-state index contributed by atoms with van der Waals surface area (Å²) in [7, 11) is 4.77. The second-order valence-electron chi connectivity index (χ2n) is 4.12. The minimum Gasteiger partial charge on any atom is -0.496 e. The smallest absolute Gasteiger partial charge is 0.257 e. The lowest BCUT2D eigenvalue weighted by atomic mass is 10.1. The molecule has 0 aliphatic rings. The second kappa shape index (κ2) is 8.94. The third kappa shape index (κ3) is 4.77. The second-order valence-corrected chi connectivity index (χ2v) is 5.04. The highest BCUT2D eigenvalue weighted by Crippen LogP contribution is 2.24. The molecule has 20 heavy (non-hydrogen) atoms. The molecule has 5 nitrogen and oxygen atoms in total. The Morgan fingerprint density at radius 3 is 2.25 bits per heavy atom. The zero-order chi connectivity index (χ0) is 15.0. The van der Waals surface area contributed by atoms with Gasteiger partial charge in [-0.1, -0.05) is 15.9 Å². The van der Waals surface area contributed by atoms with E-state index in [1.807, 2.05) is 6.07 Å². The largest absolute Gasteiger partial charge is 0.496 e. The van der Waals surface area contributed by atoms with Crippen LogP contribution in [-0.4, -0.2) is 58.4 Å². The zero-order valence-corrected chi connectivity index (χ0v) is 13.6. The summed E-state index contributed by atoms with van der Waals surface area (Å²) in [4.78, 5) is 14.3. The van der Waals surface area contributed by atoms with E-state index >= 15 is 0 Å². The Morgan fingerprint density at radius 2 is 1.75 bits per heavy atom. The molecule has 0 saturated heterocycles. The Hall–Kier alpha value is -1.11. The van der Waals surface area contributed by atoms with Crippen molar-refractivity contribution in [3.05, 3.63) is 28.2 Å². The lowest BCUT2D eigenvalue weighted by Crippen LogP contribution is -2.36. The number of methoxy groups -OCH3 is 3. The molecule has 0 aromatic heterocycles. The Morgan fingerprint density at radius 1 is 1.15 bits per heavy atom. The van der Waals surface area contributed by atoms with Crippen molar-refractivity contribution in [1.82, 2.24) is 4.90 Å². The summed E-state index contributed by atoms with van der Waals surface area (Å²) in [5, 5.41) is 0. The molecule has 0 aliphatic heterocycles. The fourth-order valence-corrected chi connectivity index (χ4v) is 2.07. The van der Waals surface area contributed by atoms with Crippen LogP contribution in [0.2, 0.25) is 0 Å². The summed E-state index contributed by atoms with van der Waals surface area (Å²) in [5.74, 6) is 0.452. The molecule has 1 aromatic rings. The van der Waals surface area contributed by atoms with Gasteiger partial charge in [0.2, 0.25) is 0 Å². The first kappa shape index (κ1) is 16.9. The molecule has 0 atom stereocenters. The summed E-state index contributed by atoms with van der Waals surface area (Å²) in [6.45, 7) is 1.98. The minimum absolute atomic E-state index is 0.0940. The molecule has 0 heterocycles. The van der Waals surface area contributed by atoms with Crippen molar-refractivity contribution in [2.24, 2.45) is 0 Å². The van der Waals surface area contributed by atoms with Gasteiger partial charge >= 0.3 is 0 Å². The Bertz CT molecular complexity index is 431. The highest BCUT2D eigenvalue weighted by Gasteiger charge is 2.19. The molecule has 0 unspecified atom stereocenters. The highest BCUT2D eigenvalue weighted by atomic mass is 79.9. The van der Waals surface area contributed by atoms with Gasteiger partial charge in [-0.15, -0.1) is 0 Å². The van der Waals surface area contributed by atoms with Crippen LogP contribution in [0, 0.1) is 0 Å². The summed E-state index contributed by atoms with van der Waals surface area (Å²) in [5.41, 5.74) is 0.530. The molecule has 0 N–H and O–H groups in total. The number of halogens is 1. The molecule has 0 spiro atoms. The van der Waals surface area contributed by atoms with Crippen LogP contribution in [0.25, 0.3) is 0 Å². The van der Waals surface area contributed by atoms with E-state index in [9.17, 15) is 4.79 Å². The van der Waals surface area contributed by atoms with Gasteiger partial charge in [-0.2, -0.15) is 0 Å². The number of hydrogen-bond donors (Lipinski definition) is 0. The Balaban J connectivity index is 2.92. The summed E-state index contributed by atoms with van der Waals surface area (Å²) in [6, 6.07) is 5.34. The van der Waals surface area contributed by atoms with Gasteiger partial charge in [0.05, 0.1) is 25.9 Å². The number of ether oxygens (including phenoxy) is 3. The van der Waals surface area contributed by atoms with E-state index in [2.05, 4.69) is 15.9 Å². The molecule has 0 saturated carbocycles. The summed E-state index contributed by atoms with van der Waals surface area (Å²) in [6.07, 6.45) is 0. The van der Waals surface area contributed by atoms with Gasteiger partial charge in [0, 0.05) is 31.8 Å². The zero-order valence-electron chi connectivity index (χ0n) is 12.0. The van der Waals surface area contributed by atoms with E-state index in [1.54, 1.807) is 38.4 Å². The molecule has 0 bridgehead atoms. The molecule has 112 valence electrons. The third-order valence-corrected chi connectivity index (χ3v) is 3.31. The molecule has 0 aliphatic carbocycles. The molecule has 0 fully saturated rings. The maximum Gasteiger partial charge on any atom is 0.257 e. The van der Waals surface area contributed by atoms with Crippen LogP contribution >= 0.6 is 15.9 Å². The van der Waals surface area contributed by atoms with Gasteiger partial charge in [-0.05, 0) is 18.2 Å². The van der Waals surface area contributed by atoms with Gasteiger partial charge < -0.3 is 19.1 Å². The standard InChI is InChI=1S/C14H20BrNO4/c1-18-8-6-16(7-9-19-2)14(17)12-5-4-11(15)10-13(12)20-3/h4-5,10H,6-9H2,1-3H3. The van der Waals surface area contributed by atoms with Gasteiger partial charge in [-0.3, -0.25) is 4.79 Å². The SMILES string of the molecule is COCCN(CCOC)C(=O)c1ccc(Br)cc1OC. The van der Waals surface area contributed by atoms with Crippen molar-refractivity contribution in [3.8, 4) is 5.75 Å². The lowest BCUT2D eigenvalue weighted by molar-refractivity contribution is 0.0624. The average molecular weight is 346 g/mol. The lowest BCUT2D eigenvalue weighted by Gasteiger charge is -2.23. The normalized spacial score (nSPS) is 10.4. The Kier molecular flexibility index (Phi) is 7.58. The number of carbonyl (C=O) groups is 1. The van der Waals surface area contributed by atoms with Crippen LogP contribution in [0.1, 0.15) is 10.4 Å². The number of carbonyl (C=O) groups excluding carboxylic acids is 1. The maximum absolute atomic E-state index is 12.6. The fraction of sp³-hybridized carbons (Fsp3) is 0.500. The van der Waals surface area contributed by atoms with Crippen molar-refractivity contribution in [1.29, 1.82) is 0 Å². The van der Waals surface area contributed by atoms with Crippen molar-refractivity contribution < 1.29 is 19.0 Å². The van der Waals surface area contributed by atoms with Crippen LogP contribution in [0.5, 0.6) is 5.75 Å². The van der Waals surface area contributed by atoms with Gasteiger partial charge in [0.1, 0.15) is 5.75 Å². The topological polar surface area (TPSA) is 48.0 Å². The van der Waals surface area contributed by atoms with Crippen molar-refractivity contribution >= 4 is 21.8 Å². The number of nitrogens with zero attached hydrogens (tertiary/aromatic N) is 1. The first-order chi connectivity index (χ1) is 9.63. The quantitative estimate of drug-likeness (QED) is 0.724. The first-order valence-electron chi connectivity index (χ1n) is 6.24. The predicted molar refractivity (Wildman–Crippen MR) is 80.3 cm³/mol. The fourth-order valence-electron chi connectivity index (χ4n) is 1.73. The van der Waals surface area contributed by atoms with E-state index < -0.39 is 0 Å². The van der Waals surface area contributed by atoms with Crippen LogP contribution in [0.3, 0.4) is 0 Å². The first-order valence-corrected chi connectivity index (χ1v) is 7.04. The molecule has 6 heteroatoms.